The first-order chi connectivity index (χ1) is 16.3. The van der Waals surface area contributed by atoms with Gasteiger partial charge in [-0.25, -0.2) is 19.4 Å². The molecule has 9 heteroatoms. The Bertz CT molecular complexity index is 1110. The zero-order valence-corrected chi connectivity index (χ0v) is 20.5. The average molecular weight is 484 g/mol. The Morgan fingerprint density at radius 3 is 2.62 bits per heavy atom. The van der Waals surface area contributed by atoms with Crippen LogP contribution in [0.15, 0.2) is 54.1 Å². The monoisotopic (exact) mass is 483 g/mol. The van der Waals surface area contributed by atoms with Gasteiger partial charge in [0, 0.05) is 62.9 Å². The van der Waals surface area contributed by atoms with E-state index in [4.69, 9.17) is 22.3 Å². The van der Waals surface area contributed by atoms with Gasteiger partial charge in [-0.3, -0.25) is 0 Å². The van der Waals surface area contributed by atoms with Crippen molar-refractivity contribution in [3.8, 4) is 0 Å². The molecular weight excluding hydrogens is 453 g/mol. The highest BCUT2D eigenvalue weighted by molar-refractivity contribution is 6.31. The van der Waals surface area contributed by atoms with E-state index in [1.165, 1.54) is 6.07 Å². The van der Waals surface area contributed by atoms with Crippen molar-refractivity contribution in [3.05, 3.63) is 71.2 Å². The quantitative estimate of drug-likeness (QED) is 0.511. The van der Waals surface area contributed by atoms with Gasteiger partial charge in [-0.2, -0.15) is 0 Å². The molecule has 2 aromatic rings. The van der Waals surface area contributed by atoms with Crippen molar-refractivity contribution in [2.24, 2.45) is 10.7 Å². The third kappa shape index (κ3) is 5.33. The predicted molar refractivity (Wildman–Crippen MR) is 136 cm³/mol. The Hall–Kier alpha value is -3.13. The molecule has 2 fully saturated rings. The van der Waals surface area contributed by atoms with Gasteiger partial charge >= 0.3 is 0 Å². The summed E-state index contributed by atoms with van der Waals surface area (Å²) < 4.78 is 13.8. The lowest BCUT2D eigenvalue weighted by atomic mass is 10.1. The summed E-state index contributed by atoms with van der Waals surface area (Å²) in [7, 11) is 0. The van der Waals surface area contributed by atoms with Gasteiger partial charge in [0.1, 0.15) is 17.5 Å². The predicted octanol–water partition coefficient (Wildman–Crippen LogP) is 4.05. The maximum atomic E-state index is 13.8. The van der Waals surface area contributed by atoms with Crippen LogP contribution in [-0.4, -0.2) is 64.4 Å². The lowest BCUT2D eigenvalue weighted by Crippen LogP contribution is -2.54. The fourth-order valence-corrected chi connectivity index (χ4v) is 4.65. The minimum absolute atomic E-state index is 0.107. The summed E-state index contributed by atoms with van der Waals surface area (Å²) in [6.45, 7) is 12.1. The number of benzene rings is 1. The molecule has 3 heterocycles. The number of rotatable bonds is 5. The molecule has 0 spiro atoms. The Morgan fingerprint density at radius 2 is 1.94 bits per heavy atom. The zero-order valence-electron chi connectivity index (χ0n) is 19.7. The van der Waals surface area contributed by atoms with Crippen LogP contribution in [0.25, 0.3) is 5.70 Å². The summed E-state index contributed by atoms with van der Waals surface area (Å²) in [6, 6.07) is 5.00. The summed E-state index contributed by atoms with van der Waals surface area (Å²) in [6.07, 6.45) is 7.40. The highest BCUT2D eigenvalue weighted by atomic mass is 35.5. The summed E-state index contributed by atoms with van der Waals surface area (Å²) in [5.41, 5.74) is 8.32. The van der Waals surface area contributed by atoms with Crippen LogP contribution in [-0.2, 0) is 0 Å². The van der Waals surface area contributed by atoms with E-state index in [0.29, 0.717) is 41.9 Å². The molecular formula is C25H31ClFN7. The van der Waals surface area contributed by atoms with Crippen molar-refractivity contribution >= 4 is 29.0 Å². The molecule has 34 heavy (non-hydrogen) atoms. The molecule has 1 atom stereocenters. The molecule has 0 saturated carbocycles. The number of aliphatic imine (C=N–C) groups is 1. The van der Waals surface area contributed by atoms with Gasteiger partial charge < -0.3 is 20.4 Å². The van der Waals surface area contributed by atoms with E-state index in [0.717, 1.165) is 43.2 Å². The van der Waals surface area contributed by atoms with Crippen LogP contribution in [0.5, 0.6) is 0 Å². The van der Waals surface area contributed by atoms with Crippen molar-refractivity contribution in [3.63, 3.8) is 0 Å². The van der Waals surface area contributed by atoms with Gasteiger partial charge in [-0.1, -0.05) is 18.2 Å². The summed E-state index contributed by atoms with van der Waals surface area (Å²) in [5, 5.41) is 0.398. The zero-order chi connectivity index (χ0) is 24.2. The molecule has 0 aliphatic carbocycles. The van der Waals surface area contributed by atoms with E-state index in [9.17, 15) is 4.39 Å². The van der Waals surface area contributed by atoms with Crippen LogP contribution in [0, 0.1) is 12.7 Å². The largest absolute Gasteiger partial charge is 0.398 e. The molecule has 2 aliphatic heterocycles. The first kappa shape index (κ1) is 24.0. The van der Waals surface area contributed by atoms with Gasteiger partial charge in [0.15, 0.2) is 11.0 Å². The Kier molecular flexibility index (Phi) is 7.36. The van der Waals surface area contributed by atoms with Crippen LogP contribution < -0.4 is 10.6 Å². The summed E-state index contributed by atoms with van der Waals surface area (Å²) in [4.78, 5) is 20.1. The van der Waals surface area contributed by atoms with E-state index >= 15 is 0 Å². The number of aryl methyl sites for hydroxylation is 1. The average Bonchev–Trinajstić information content (AvgIpc) is 3.36. The van der Waals surface area contributed by atoms with E-state index in [-0.39, 0.29) is 11.9 Å². The highest BCUT2D eigenvalue weighted by Gasteiger charge is 2.28. The van der Waals surface area contributed by atoms with Crippen molar-refractivity contribution in [1.82, 2.24) is 19.8 Å². The molecule has 7 nitrogen and oxygen atoms in total. The standard InChI is InChI=1S/C25H31ClFN7/c1-17-14-20(6-7-21(17)27)22(28)15-23(31-19(3)32-10-4-5-11-32)34-13-12-33(16-18(34)2)25-24(26)29-8-9-30-25/h6-9,14-15,18H,3-5,10-13,16,28H2,1-2H3/b22-15-,31-23?/t18-/m1/s1. The molecule has 0 bridgehead atoms. The fraction of sp³-hybridized carbons (Fsp3) is 0.400. The van der Waals surface area contributed by atoms with E-state index in [1.807, 2.05) is 6.08 Å². The number of halogens is 2. The molecule has 2 N–H and O–H groups in total. The first-order valence-corrected chi connectivity index (χ1v) is 12.0. The number of hydrogen-bond donors (Lipinski definition) is 1. The summed E-state index contributed by atoms with van der Waals surface area (Å²) in [5.74, 6) is 1.92. The molecule has 1 aromatic carbocycles. The van der Waals surface area contributed by atoms with Crippen LogP contribution in [0.3, 0.4) is 0 Å². The molecule has 2 saturated heterocycles. The smallest absolute Gasteiger partial charge is 0.171 e. The maximum absolute atomic E-state index is 13.8. The van der Waals surface area contributed by atoms with Crippen molar-refractivity contribution in [2.75, 3.05) is 37.6 Å². The molecule has 0 amide bonds. The number of piperazine rings is 1. The van der Waals surface area contributed by atoms with Gasteiger partial charge in [0.2, 0.25) is 0 Å². The molecule has 4 rings (SSSR count). The van der Waals surface area contributed by atoms with Crippen LogP contribution >= 0.6 is 11.6 Å². The van der Waals surface area contributed by atoms with Crippen LogP contribution in [0.2, 0.25) is 5.15 Å². The third-order valence-corrected chi connectivity index (χ3v) is 6.61. The van der Waals surface area contributed by atoms with Crippen molar-refractivity contribution in [1.29, 1.82) is 0 Å². The highest BCUT2D eigenvalue weighted by Crippen LogP contribution is 2.25. The summed E-state index contributed by atoms with van der Waals surface area (Å²) >= 11 is 6.28. The van der Waals surface area contributed by atoms with Gasteiger partial charge in [0.25, 0.3) is 0 Å². The van der Waals surface area contributed by atoms with E-state index in [2.05, 4.69) is 38.2 Å². The molecule has 1 aromatic heterocycles. The topological polar surface area (TPSA) is 73.9 Å². The Labute approximate surface area is 205 Å². The number of amidine groups is 1. The third-order valence-electron chi connectivity index (χ3n) is 6.35. The number of anilines is 1. The molecule has 2 aliphatic rings. The van der Waals surface area contributed by atoms with Crippen molar-refractivity contribution < 1.29 is 4.39 Å². The molecule has 0 unspecified atom stereocenters. The minimum Gasteiger partial charge on any atom is -0.398 e. The lowest BCUT2D eigenvalue weighted by Gasteiger charge is -2.41. The first-order valence-electron chi connectivity index (χ1n) is 11.6. The number of hydrogen-bond acceptors (Lipinski definition) is 6. The van der Waals surface area contributed by atoms with Crippen LogP contribution in [0.4, 0.5) is 10.2 Å². The SMILES string of the molecule is C=C(N=C(/C=C(\N)c1ccc(F)c(C)c1)N1CCN(c2nccnc2Cl)C[C@H]1C)N1CCCC1. The van der Waals surface area contributed by atoms with Crippen LogP contribution in [0.1, 0.15) is 30.9 Å². The van der Waals surface area contributed by atoms with Gasteiger partial charge in [-0.05, 0) is 56.0 Å². The minimum atomic E-state index is -0.250. The molecule has 0 radical (unpaired) electrons. The van der Waals surface area contributed by atoms with Gasteiger partial charge in [0.05, 0.1) is 0 Å². The van der Waals surface area contributed by atoms with Crippen molar-refractivity contribution in [2.45, 2.75) is 32.7 Å². The fourth-order valence-electron chi connectivity index (χ4n) is 4.42. The number of likely N-dealkylation sites (tertiary alicyclic amines) is 1. The maximum Gasteiger partial charge on any atom is 0.171 e. The number of aromatic nitrogens is 2. The second kappa shape index (κ2) is 10.4. The van der Waals surface area contributed by atoms with E-state index < -0.39 is 0 Å². The van der Waals surface area contributed by atoms with E-state index in [1.54, 1.807) is 31.5 Å². The second-order valence-corrected chi connectivity index (χ2v) is 9.16. The Morgan fingerprint density at radius 1 is 1.21 bits per heavy atom. The number of nitrogens with two attached hydrogens (primary N) is 1. The van der Waals surface area contributed by atoms with Gasteiger partial charge in [-0.15, -0.1) is 0 Å². The number of nitrogens with zero attached hydrogens (tertiary/aromatic N) is 6. The Balaban J connectivity index is 1.62. The molecule has 180 valence electrons. The second-order valence-electron chi connectivity index (χ2n) is 8.80. The lowest BCUT2D eigenvalue weighted by molar-refractivity contribution is 0.297. The normalized spacial score (nSPS) is 19.6.